The number of anilines is 1. The van der Waals surface area contributed by atoms with Gasteiger partial charge in [-0.15, -0.1) is 0 Å². The van der Waals surface area contributed by atoms with E-state index in [1.165, 1.54) is 17.1 Å². The predicted molar refractivity (Wildman–Crippen MR) is 120 cm³/mol. The number of rotatable bonds is 4. The molecule has 170 valence electrons. The molecular weight excluding hydrogens is 416 g/mol. The number of carbonyl (C=O) groups is 2. The van der Waals surface area contributed by atoms with Crippen molar-refractivity contribution < 1.29 is 18.0 Å². The van der Waals surface area contributed by atoms with Crippen molar-refractivity contribution in [2.45, 2.75) is 32.1 Å². The van der Waals surface area contributed by atoms with Gasteiger partial charge in [-0.25, -0.2) is 8.42 Å². The number of piperazine rings is 1. The third-order valence-corrected chi connectivity index (χ3v) is 8.35. The lowest BCUT2D eigenvalue weighted by Gasteiger charge is -2.35. The number of likely N-dealkylation sites (tertiary alicyclic amines) is 1. The first-order chi connectivity index (χ1) is 14.9. The Bertz CT molecular complexity index is 887. The number of hydrogen-bond donors (Lipinski definition) is 0. The molecule has 3 aliphatic rings. The minimum absolute atomic E-state index is 0.0469. The van der Waals surface area contributed by atoms with Crippen LogP contribution in [0.4, 0.5) is 5.69 Å². The van der Waals surface area contributed by atoms with Crippen molar-refractivity contribution in [3.05, 3.63) is 29.8 Å². The lowest BCUT2D eigenvalue weighted by Crippen LogP contribution is -2.51. The number of carbonyl (C=O) groups excluding carboxylic acids is 2. The smallest absolute Gasteiger partial charge is 0.253 e. The fourth-order valence-corrected chi connectivity index (χ4v) is 6.17. The molecule has 1 aromatic carbocycles. The normalized spacial score (nSPS) is 22.4. The van der Waals surface area contributed by atoms with Crippen molar-refractivity contribution in [3.63, 3.8) is 0 Å². The van der Waals surface area contributed by atoms with Crippen LogP contribution in [-0.4, -0.2) is 93.0 Å². The predicted octanol–water partition coefficient (Wildman–Crippen LogP) is 1.39. The largest absolute Gasteiger partial charge is 0.342 e. The van der Waals surface area contributed by atoms with Crippen LogP contribution in [-0.2, 0) is 14.8 Å². The maximum atomic E-state index is 12.9. The van der Waals surface area contributed by atoms with Gasteiger partial charge in [0.25, 0.3) is 5.91 Å². The number of benzene rings is 1. The molecular formula is C22H32N4O4S. The van der Waals surface area contributed by atoms with E-state index in [1.807, 2.05) is 9.80 Å². The molecule has 3 aliphatic heterocycles. The van der Waals surface area contributed by atoms with Gasteiger partial charge in [0.05, 0.1) is 18.0 Å². The van der Waals surface area contributed by atoms with Gasteiger partial charge in [0.2, 0.25) is 15.9 Å². The summed E-state index contributed by atoms with van der Waals surface area (Å²) >= 11 is 0. The minimum atomic E-state index is -3.22. The summed E-state index contributed by atoms with van der Waals surface area (Å²) in [5, 5.41) is 0. The zero-order valence-electron chi connectivity index (χ0n) is 18.0. The maximum absolute atomic E-state index is 12.9. The summed E-state index contributed by atoms with van der Waals surface area (Å²) in [7, 11) is -3.22. The molecule has 0 radical (unpaired) electrons. The van der Waals surface area contributed by atoms with Crippen LogP contribution < -0.4 is 4.31 Å². The molecule has 0 bridgehead atoms. The molecule has 0 aliphatic carbocycles. The molecule has 4 rings (SSSR count). The number of nitrogens with zero attached hydrogens (tertiary/aromatic N) is 4. The molecule has 31 heavy (non-hydrogen) atoms. The topological polar surface area (TPSA) is 81.2 Å². The zero-order chi connectivity index (χ0) is 21.8. The molecule has 0 spiro atoms. The molecule has 9 heteroatoms. The minimum Gasteiger partial charge on any atom is -0.342 e. The SMILES string of the molecule is O=C(CN1CCN(C(=O)c2ccc(N3CCCS3(=O)=O)cc2)CC1)N1CCCCCC1. The fraction of sp³-hybridized carbons (Fsp3) is 0.636. The summed E-state index contributed by atoms with van der Waals surface area (Å²) in [6, 6.07) is 6.85. The first-order valence-corrected chi connectivity index (χ1v) is 12.9. The second-order valence-corrected chi connectivity index (χ2v) is 10.7. The lowest BCUT2D eigenvalue weighted by molar-refractivity contribution is -0.132. The van der Waals surface area contributed by atoms with Gasteiger partial charge < -0.3 is 9.80 Å². The van der Waals surface area contributed by atoms with Gasteiger partial charge in [0.15, 0.2) is 0 Å². The molecule has 8 nitrogen and oxygen atoms in total. The highest BCUT2D eigenvalue weighted by atomic mass is 32.2. The van der Waals surface area contributed by atoms with Crippen LogP contribution in [0, 0.1) is 0 Å². The van der Waals surface area contributed by atoms with Gasteiger partial charge in [-0.1, -0.05) is 12.8 Å². The van der Waals surface area contributed by atoms with E-state index in [0.29, 0.717) is 56.9 Å². The molecule has 0 unspecified atom stereocenters. The van der Waals surface area contributed by atoms with Gasteiger partial charge in [-0.3, -0.25) is 18.8 Å². The van der Waals surface area contributed by atoms with Crippen molar-refractivity contribution in [2.24, 2.45) is 0 Å². The Balaban J connectivity index is 1.28. The Morgan fingerprint density at radius 1 is 0.742 bits per heavy atom. The molecule has 0 N–H and O–H groups in total. The van der Waals surface area contributed by atoms with E-state index in [9.17, 15) is 18.0 Å². The Morgan fingerprint density at radius 2 is 1.39 bits per heavy atom. The van der Waals surface area contributed by atoms with Gasteiger partial charge in [0, 0.05) is 51.4 Å². The Hall–Kier alpha value is -2.13. The number of amides is 2. The lowest BCUT2D eigenvalue weighted by atomic mass is 10.1. The van der Waals surface area contributed by atoms with E-state index in [2.05, 4.69) is 4.90 Å². The summed E-state index contributed by atoms with van der Waals surface area (Å²) in [4.78, 5) is 31.4. The Kier molecular flexibility index (Phi) is 6.81. The molecule has 3 fully saturated rings. The highest BCUT2D eigenvalue weighted by Crippen LogP contribution is 2.24. The van der Waals surface area contributed by atoms with Crippen LogP contribution in [0.15, 0.2) is 24.3 Å². The van der Waals surface area contributed by atoms with E-state index in [4.69, 9.17) is 0 Å². The summed E-state index contributed by atoms with van der Waals surface area (Å²) < 4.78 is 25.6. The zero-order valence-corrected chi connectivity index (χ0v) is 18.9. The highest BCUT2D eigenvalue weighted by molar-refractivity contribution is 7.93. The van der Waals surface area contributed by atoms with Crippen molar-refractivity contribution in [3.8, 4) is 0 Å². The molecule has 0 saturated carbocycles. The van der Waals surface area contributed by atoms with Crippen molar-refractivity contribution >= 4 is 27.5 Å². The van der Waals surface area contributed by atoms with Crippen LogP contribution in [0.25, 0.3) is 0 Å². The Morgan fingerprint density at radius 3 is 1.97 bits per heavy atom. The average molecular weight is 449 g/mol. The van der Waals surface area contributed by atoms with Crippen LogP contribution >= 0.6 is 0 Å². The van der Waals surface area contributed by atoms with Crippen molar-refractivity contribution in [1.29, 1.82) is 0 Å². The summed E-state index contributed by atoms with van der Waals surface area (Å²) in [5.74, 6) is 0.335. The first-order valence-electron chi connectivity index (χ1n) is 11.3. The number of hydrogen-bond acceptors (Lipinski definition) is 5. The van der Waals surface area contributed by atoms with Gasteiger partial charge in [0.1, 0.15) is 0 Å². The Labute approximate surface area is 184 Å². The van der Waals surface area contributed by atoms with Crippen LogP contribution in [0.3, 0.4) is 0 Å². The molecule has 3 saturated heterocycles. The van der Waals surface area contributed by atoms with E-state index >= 15 is 0 Å². The standard InChI is InChI=1S/C22H32N4O4S/c27-21(24-10-3-1-2-4-11-24)18-23-13-15-25(16-14-23)22(28)19-6-8-20(9-7-19)26-12-5-17-31(26,29)30/h6-9H,1-5,10-18H2. The molecule has 1 aromatic rings. The quantitative estimate of drug-likeness (QED) is 0.695. The van der Waals surface area contributed by atoms with E-state index in [1.54, 1.807) is 24.3 Å². The van der Waals surface area contributed by atoms with Gasteiger partial charge in [-0.05, 0) is 43.5 Å². The average Bonchev–Trinajstić information content (AvgIpc) is 2.96. The molecule has 2 amide bonds. The monoisotopic (exact) mass is 448 g/mol. The van der Waals surface area contributed by atoms with Crippen LogP contribution in [0.2, 0.25) is 0 Å². The maximum Gasteiger partial charge on any atom is 0.253 e. The molecule has 0 atom stereocenters. The third kappa shape index (κ3) is 5.20. The summed E-state index contributed by atoms with van der Waals surface area (Å²) in [5.41, 5.74) is 1.18. The second kappa shape index (κ2) is 9.56. The summed E-state index contributed by atoms with van der Waals surface area (Å²) in [6.07, 6.45) is 5.24. The summed E-state index contributed by atoms with van der Waals surface area (Å²) in [6.45, 7) is 5.22. The second-order valence-electron chi connectivity index (χ2n) is 8.65. The van der Waals surface area contributed by atoms with E-state index in [-0.39, 0.29) is 17.6 Å². The molecule has 0 aromatic heterocycles. The van der Waals surface area contributed by atoms with Crippen molar-refractivity contribution in [1.82, 2.24) is 14.7 Å². The first kappa shape index (κ1) is 22.1. The van der Waals surface area contributed by atoms with Crippen LogP contribution in [0.5, 0.6) is 0 Å². The fourth-order valence-electron chi connectivity index (χ4n) is 4.60. The molecule has 3 heterocycles. The highest BCUT2D eigenvalue weighted by Gasteiger charge is 2.29. The van der Waals surface area contributed by atoms with Gasteiger partial charge >= 0.3 is 0 Å². The number of sulfonamides is 1. The third-order valence-electron chi connectivity index (χ3n) is 6.48. The van der Waals surface area contributed by atoms with E-state index < -0.39 is 10.0 Å². The van der Waals surface area contributed by atoms with E-state index in [0.717, 1.165) is 25.9 Å². The van der Waals surface area contributed by atoms with Crippen LogP contribution in [0.1, 0.15) is 42.5 Å². The van der Waals surface area contributed by atoms with Gasteiger partial charge in [-0.2, -0.15) is 0 Å². The van der Waals surface area contributed by atoms with Crippen molar-refractivity contribution in [2.75, 3.05) is 62.4 Å².